The molecule has 0 N–H and O–H groups in total. The minimum atomic E-state index is -0.278. The maximum absolute atomic E-state index is 11.5. The first-order valence-corrected chi connectivity index (χ1v) is 7.42. The second-order valence-corrected chi connectivity index (χ2v) is 6.48. The molecule has 92 valence electrons. The minimum absolute atomic E-state index is 0.278. The van der Waals surface area contributed by atoms with Crippen LogP contribution in [0, 0.1) is 0 Å². The molecule has 0 heterocycles. The Balaban J connectivity index is 2.15. The molecule has 1 saturated carbocycles. The highest BCUT2D eigenvalue weighted by atomic mass is 79.9. The number of esters is 1. The van der Waals surface area contributed by atoms with Crippen molar-refractivity contribution in [2.45, 2.75) is 35.8 Å². The molecule has 1 aromatic rings. The van der Waals surface area contributed by atoms with Gasteiger partial charge in [0, 0.05) is 14.6 Å². The quantitative estimate of drug-likeness (QED) is 0.779. The van der Waals surface area contributed by atoms with E-state index in [1.165, 1.54) is 32.8 Å². The third-order valence-electron chi connectivity index (χ3n) is 2.90. The van der Waals surface area contributed by atoms with Crippen molar-refractivity contribution in [3.63, 3.8) is 0 Å². The van der Waals surface area contributed by atoms with Gasteiger partial charge in [0.15, 0.2) is 0 Å². The highest BCUT2D eigenvalue weighted by Crippen LogP contribution is 2.36. The fourth-order valence-electron chi connectivity index (χ4n) is 2.07. The Labute approximate surface area is 114 Å². The molecule has 0 radical (unpaired) electrons. The first kappa shape index (κ1) is 13.0. The van der Waals surface area contributed by atoms with E-state index in [2.05, 4.69) is 22.0 Å². The van der Waals surface area contributed by atoms with Crippen LogP contribution in [-0.4, -0.2) is 18.3 Å². The van der Waals surface area contributed by atoms with Gasteiger partial charge >= 0.3 is 5.97 Å². The van der Waals surface area contributed by atoms with Gasteiger partial charge in [-0.1, -0.05) is 28.8 Å². The highest BCUT2D eigenvalue weighted by molar-refractivity contribution is 9.10. The van der Waals surface area contributed by atoms with Gasteiger partial charge in [0.05, 0.1) is 12.7 Å². The predicted octanol–water partition coefficient (Wildman–Crippen LogP) is 4.27. The van der Waals surface area contributed by atoms with Crippen molar-refractivity contribution >= 4 is 33.7 Å². The van der Waals surface area contributed by atoms with Gasteiger partial charge in [0.1, 0.15) is 0 Å². The first-order valence-electron chi connectivity index (χ1n) is 5.74. The fraction of sp³-hybridized carbons (Fsp3) is 0.462. The monoisotopic (exact) mass is 314 g/mol. The molecule has 1 fully saturated rings. The van der Waals surface area contributed by atoms with Crippen LogP contribution < -0.4 is 0 Å². The summed E-state index contributed by atoms with van der Waals surface area (Å²) in [5.41, 5.74) is 0.613. The molecule has 0 saturated heterocycles. The van der Waals surface area contributed by atoms with E-state index in [0.717, 1.165) is 9.37 Å². The van der Waals surface area contributed by atoms with E-state index < -0.39 is 0 Å². The molecule has 0 aromatic heterocycles. The highest BCUT2D eigenvalue weighted by Gasteiger charge is 2.17. The Morgan fingerprint density at radius 2 is 2.06 bits per heavy atom. The largest absolute Gasteiger partial charge is 0.465 e. The van der Waals surface area contributed by atoms with Gasteiger partial charge in [-0.15, -0.1) is 11.8 Å². The molecule has 2 rings (SSSR count). The second-order valence-electron chi connectivity index (χ2n) is 4.19. The van der Waals surface area contributed by atoms with E-state index in [-0.39, 0.29) is 5.97 Å². The zero-order valence-corrected chi connectivity index (χ0v) is 12.1. The van der Waals surface area contributed by atoms with Crippen LogP contribution in [0.1, 0.15) is 36.0 Å². The Hall–Kier alpha value is -0.480. The second kappa shape index (κ2) is 5.91. The van der Waals surface area contributed by atoms with Gasteiger partial charge in [-0.2, -0.15) is 0 Å². The number of halogens is 1. The number of carbonyl (C=O) groups excluding carboxylic acids is 1. The molecule has 0 aliphatic heterocycles. The number of thioether (sulfide) groups is 1. The van der Waals surface area contributed by atoms with E-state index >= 15 is 0 Å². The van der Waals surface area contributed by atoms with Crippen molar-refractivity contribution < 1.29 is 9.53 Å². The molecule has 1 aliphatic carbocycles. The lowest BCUT2D eigenvalue weighted by Gasteiger charge is -2.10. The van der Waals surface area contributed by atoms with Gasteiger partial charge in [-0.25, -0.2) is 4.79 Å². The minimum Gasteiger partial charge on any atom is -0.465 e. The zero-order valence-electron chi connectivity index (χ0n) is 9.74. The molecule has 0 spiro atoms. The summed E-state index contributed by atoms with van der Waals surface area (Å²) in [5, 5.41) is 0.704. The molecule has 1 aromatic carbocycles. The average Bonchev–Trinajstić information content (AvgIpc) is 2.80. The average molecular weight is 315 g/mol. The van der Waals surface area contributed by atoms with Crippen molar-refractivity contribution in [1.82, 2.24) is 0 Å². The molecule has 0 bridgehead atoms. The summed E-state index contributed by atoms with van der Waals surface area (Å²) < 4.78 is 5.68. The van der Waals surface area contributed by atoms with E-state index in [1.807, 2.05) is 17.8 Å². The van der Waals surface area contributed by atoms with E-state index in [0.29, 0.717) is 10.8 Å². The summed E-state index contributed by atoms with van der Waals surface area (Å²) >= 11 is 5.31. The lowest BCUT2D eigenvalue weighted by atomic mass is 10.2. The molecular formula is C13H15BrO2S. The van der Waals surface area contributed by atoms with Crippen LogP contribution in [0.15, 0.2) is 27.6 Å². The van der Waals surface area contributed by atoms with Crippen LogP contribution in [0.2, 0.25) is 0 Å². The molecule has 1 aliphatic rings. The number of carbonyl (C=O) groups is 1. The molecule has 0 amide bonds. The smallest absolute Gasteiger partial charge is 0.337 e. The van der Waals surface area contributed by atoms with Crippen molar-refractivity contribution in [1.29, 1.82) is 0 Å². The summed E-state index contributed by atoms with van der Waals surface area (Å²) in [6, 6.07) is 5.78. The predicted molar refractivity (Wildman–Crippen MR) is 73.6 cm³/mol. The third kappa shape index (κ3) is 3.49. The van der Waals surface area contributed by atoms with Gasteiger partial charge in [0.2, 0.25) is 0 Å². The molecule has 17 heavy (non-hydrogen) atoms. The summed E-state index contributed by atoms with van der Waals surface area (Å²) in [5.74, 6) is -0.278. The van der Waals surface area contributed by atoms with E-state index in [4.69, 9.17) is 4.74 Å². The van der Waals surface area contributed by atoms with E-state index in [9.17, 15) is 4.79 Å². The molecular weight excluding hydrogens is 300 g/mol. The Morgan fingerprint density at radius 1 is 1.35 bits per heavy atom. The fourth-order valence-corrected chi connectivity index (χ4v) is 4.05. The normalized spacial score (nSPS) is 16.1. The van der Waals surface area contributed by atoms with Crippen LogP contribution in [0.4, 0.5) is 0 Å². The molecule has 0 unspecified atom stereocenters. The summed E-state index contributed by atoms with van der Waals surface area (Å²) in [4.78, 5) is 12.6. The topological polar surface area (TPSA) is 26.3 Å². The standard InChI is InChI=1S/C13H15BrO2S/c1-16-13(15)9-6-10(14)8-12(7-9)17-11-4-2-3-5-11/h6-8,11H,2-5H2,1H3. The van der Waals surface area contributed by atoms with Crippen molar-refractivity contribution in [2.24, 2.45) is 0 Å². The van der Waals surface area contributed by atoms with Crippen molar-refractivity contribution in [3.8, 4) is 0 Å². The third-order valence-corrected chi connectivity index (χ3v) is 4.67. The Morgan fingerprint density at radius 3 is 2.71 bits per heavy atom. The number of hydrogen-bond donors (Lipinski definition) is 0. The molecule has 2 nitrogen and oxygen atoms in total. The summed E-state index contributed by atoms with van der Waals surface area (Å²) in [7, 11) is 1.41. The summed E-state index contributed by atoms with van der Waals surface area (Å²) in [6.45, 7) is 0. The van der Waals surface area contributed by atoms with Crippen LogP contribution in [0.5, 0.6) is 0 Å². The van der Waals surface area contributed by atoms with Crippen LogP contribution in [-0.2, 0) is 4.74 Å². The van der Waals surface area contributed by atoms with Crippen LogP contribution in [0.3, 0.4) is 0 Å². The number of ether oxygens (including phenoxy) is 1. The van der Waals surface area contributed by atoms with E-state index in [1.54, 1.807) is 6.07 Å². The van der Waals surface area contributed by atoms with Crippen molar-refractivity contribution in [3.05, 3.63) is 28.2 Å². The van der Waals surface area contributed by atoms with Gasteiger partial charge in [-0.05, 0) is 31.0 Å². The maximum atomic E-state index is 11.5. The van der Waals surface area contributed by atoms with Crippen LogP contribution >= 0.6 is 27.7 Å². The lowest BCUT2D eigenvalue weighted by Crippen LogP contribution is -2.02. The first-order chi connectivity index (χ1) is 8.19. The van der Waals surface area contributed by atoms with Crippen LogP contribution in [0.25, 0.3) is 0 Å². The van der Waals surface area contributed by atoms with Gasteiger partial charge < -0.3 is 4.74 Å². The van der Waals surface area contributed by atoms with Gasteiger partial charge in [0.25, 0.3) is 0 Å². The number of benzene rings is 1. The molecule has 0 atom stereocenters. The number of methoxy groups -OCH3 is 1. The number of rotatable bonds is 3. The zero-order chi connectivity index (χ0) is 12.3. The van der Waals surface area contributed by atoms with Gasteiger partial charge in [-0.3, -0.25) is 0 Å². The maximum Gasteiger partial charge on any atom is 0.337 e. The lowest BCUT2D eigenvalue weighted by molar-refractivity contribution is 0.0600. The molecule has 4 heteroatoms. The Bertz CT molecular complexity index is 414. The van der Waals surface area contributed by atoms with Crippen molar-refractivity contribution in [2.75, 3.05) is 7.11 Å². The summed E-state index contributed by atoms with van der Waals surface area (Å²) in [6.07, 6.45) is 5.22. The SMILES string of the molecule is COC(=O)c1cc(Br)cc(SC2CCCC2)c1. The Kier molecular flexibility index (Phi) is 4.51. The number of hydrogen-bond acceptors (Lipinski definition) is 3.